The molecule has 1 aliphatic rings. The summed E-state index contributed by atoms with van der Waals surface area (Å²) in [6.45, 7) is 2.31. The first kappa shape index (κ1) is 15.7. The highest BCUT2D eigenvalue weighted by Crippen LogP contribution is 2.26. The summed E-state index contributed by atoms with van der Waals surface area (Å²) < 4.78 is 31.8. The van der Waals surface area contributed by atoms with Crippen LogP contribution in [0.2, 0.25) is 0 Å². The van der Waals surface area contributed by atoms with E-state index >= 15 is 0 Å². The number of para-hydroxylation sites is 1. The van der Waals surface area contributed by atoms with Gasteiger partial charge in [-0.25, -0.2) is 8.78 Å². The normalized spacial score (nSPS) is 20.3. The summed E-state index contributed by atoms with van der Waals surface area (Å²) in [6.07, 6.45) is -0.441. The molecule has 1 aromatic carbocycles. The van der Waals surface area contributed by atoms with Crippen LogP contribution in [0.15, 0.2) is 24.3 Å². The lowest BCUT2D eigenvalue weighted by molar-refractivity contribution is -0.132. The van der Waals surface area contributed by atoms with Crippen molar-refractivity contribution >= 4 is 5.91 Å². The number of halogens is 2. The topological polar surface area (TPSA) is 41.6 Å². The maximum absolute atomic E-state index is 13.2. The van der Waals surface area contributed by atoms with Gasteiger partial charge in [0.1, 0.15) is 5.75 Å². The molecular formula is C15H20F2N2O2. The molecule has 0 spiro atoms. The van der Waals surface area contributed by atoms with Gasteiger partial charge in [-0.15, -0.1) is 0 Å². The van der Waals surface area contributed by atoms with Crippen molar-refractivity contribution in [3.63, 3.8) is 0 Å². The number of ether oxygens (including phenoxy) is 1. The van der Waals surface area contributed by atoms with Crippen molar-refractivity contribution in [2.45, 2.75) is 31.9 Å². The Morgan fingerprint density at radius 3 is 2.81 bits per heavy atom. The molecule has 4 nitrogen and oxygen atoms in total. The van der Waals surface area contributed by atoms with Gasteiger partial charge in [-0.05, 0) is 13.0 Å². The van der Waals surface area contributed by atoms with Gasteiger partial charge in [-0.3, -0.25) is 10.1 Å². The minimum atomic E-state index is -2.80. The molecule has 1 atom stereocenters. The molecule has 1 amide bonds. The van der Waals surface area contributed by atoms with Crippen LogP contribution in [0.4, 0.5) is 8.78 Å². The highest BCUT2D eigenvalue weighted by Gasteiger charge is 2.43. The molecule has 1 saturated heterocycles. The van der Waals surface area contributed by atoms with E-state index in [0.717, 1.165) is 5.56 Å². The number of nitrogens with zero attached hydrogens (tertiary/aromatic N) is 1. The van der Waals surface area contributed by atoms with E-state index in [2.05, 4.69) is 5.32 Å². The molecule has 1 heterocycles. The Labute approximate surface area is 123 Å². The first-order valence-corrected chi connectivity index (χ1v) is 7.00. The summed E-state index contributed by atoms with van der Waals surface area (Å²) in [5, 5.41) is 2.58. The van der Waals surface area contributed by atoms with Crippen molar-refractivity contribution in [1.82, 2.24) is 10.2 Å². The van der Waals surface area contributed by atoms with Crippen LogP contribution in [-0.2, 0) is 11.3 Å². The van der Waals surface area contributed by atoms with Gasteiger partial charge in [0.15, 0.2) is 0 Å². The van der Waals surface area contributed by atoms with Crippen LogP contribution < -0.4 is 10.1 Å². The highest BCUT2D eigenvalue weighted by atomic mass is 19.3. The predicted molar refractivity (Wildman–Crippen MR) is 75.4 cm³/mol. The van der Waals surface area contributed by atoms with Crippen molar-refractivity contribution in [3.8, 4) is 5.75 Å². The number of hydrogen-bond donors (Lipinski definition) is 1. The molecule has 2 rings (SSSR count). The second-order valence-corrected chi connectivity index (χ2v) is 5.23. The minimum Gasteiger partial charge on any atom is -0.494 e. The molecule has 0 aliphatic carbocycles. The van der Waals surface area contributed by atoms with Crippen LogP contribution in [-0.4, -0.2) is 43.0 Å². The van der Waals surface area contributed by atoms with E-state index < -0.39 is 24.9 Å². The molecule has 0 aromatic heterocycles. The Balaban J connectivity index is 2.01. The Bertz CT molecular complexity index is 508. The molecule has 0 radical (unpaired) electrons. The number of amides is 1. The van der Waals surface area contributed by atoms with Crippen molar-refractivity contribution in [1.29, 1.82) is 0 Å². The summed E-state index contributed by atoms with van der Waals surface area (Å²) in [7, 11) is 1.61. The minimum absolute atomic E-state index is 0.321. The van der Waals surface area contributed by atoms with Gasteiger partial charge >= 0.3 is 0 Å². The third-order valence-corrected chi connectivity index (χ3v) is 3.46. The standard InChI is InChI=1S/C15H20F2N2O2/c1-3-21-13-7-5-4-6-11(13)9-19(2)14(20)12-8-15(16,17)10-18-12/h4-7,12,18H,3,8-10H2,1-2H3. The number of alkyl halides is 2. The summed E-state index contributed by atoms with van der Waals surface area (Å²) in [5.74, 6) is -2.41. The predicted octanol–water partition coefficient (Wildman–Crippen LogP) is 2.04. The third-order valence-electron chi connectivity index (χ3n) is 3.46. The van der Waals surface area contributed by atoms with E-state index in [4.69, 9.17) is 4.74 Å². The number of likely N-dealkylation sites (N-methyl/N-ethyl adjacent to an activating group) is 1. The van der Waals surface area contributed by atoms with Gasteiger partial charge in [0.2, 0.25) is 5.91 Å². The smallest absolute Gasteiger partial charge is 0.262 e. The van der Waals surface area contributed by atoms with Gasteiger partial charge in [-0.1, -0.05) is 18.2 Å². The van der Waals surface area contributed by atoms with Gasteiger partial charge in [0.05, 0.1) is 19.2 Å². The number of rotatable bonds is 5. The Kier molecular flexibility index (Phi) is 4.77. The average Bonchev–Trinajstić information content (AvgIpc) is 2.80. The van der Waals surface area contributed by atoms with Crippen LogP contribution in [0.3, 0.4) is 0 Å². The summed E-state index contributed by atoms with van der Waals surface area (Å²) >= 11 is 0. The maximum Gasteiger partial charge on any atom is 0.262 e. The van der Waals surface area contributed by atoms with E-state index in [1.54, 1.807) is 7.05 Å². The van der Waals surface area contributed by atoms with E-state index in [9.17, 15) is 13.6 Å². The molecule has 6 heteroatoms. The van der Waals surface area contributed by atoms with Gasteiger partial charge in [-0.2, -0.15) is 0 Å². The van der Waals surface area contributed by atoms with E-state index in [-0.39, 0.29) is 5.91 Å². The van der Waals surface area contributed by atoms with Crippen molar-refractivity contribution in [3.05, 3.63) is 29.8 Å². The Hall–Kier alpha value is -1.69. The lowest BCUT2D eigenvalue weighted by atomic mass is 10.1. The zero-order chi connectivity index (χ0) is 15.5. The van der Waals surface area contributed by atoms with Crippen molar-refractivity contribution in [2.24, 2.45) is 0 Å². The van der Waals surface area contributed by atoms with Crippen LogP contribution in [0.5, 0.6) is 5.75 Å². The largest absolute Gasteiger partial charge is 0.494 e. The quantitative estimate of drug-likeness (QED) is 0.904. The molecule has 0 bridgehead atoms. The molecule has 1 N–H and O–H groups in total. The summed E-state index contributed by atoms with van der Waals surface area (Å²) in [6, 6.07) is 6.60. The fourth-order valence-electron chi connectivity index (χ4n) is 2.42. The van der Waals surface area contributed by atoms with E-state index in [1.807, 2.05) is 31.2 Å². The zero-order valence-electron chi connectivity index (χ0n) is 12.2. The first-order valence-electron chi connectivity index (χ1n) is 7.00. The van der Waals surface area contributed by atoms with Crippen LogP contribution in [0.25, 0.3) is 0 Å². The second-order valence-electron chi connectivity index (χ2n) is 5.23. The van der Waals surface area contributed by atoms with Crippen LogP contribution >= 0.6 is 0 Å². The second kappa shape index (κ2) is 6.39. The third kappa shape index (κ3) is 3.91. The van der Waals surface area contributed by atoms with Gasteiger partial charge in [0, 0.05) is 25.6 Å². The number of nitrogens with one attached hydrogen (secondary N) is 1. The lowest BCUT2D eigenvalue weighted by Crippen LogP contribution is -2.41. The number of benzene rings is 1. The van der Waals surface area contributed by atoms with Crippen molar-refractivity contribution < 1.29 is 18.3 Å². The molecule has 1 aromatic rings. The Morgan fingerprint density at radius 2 is 2.19 bits per heavy atom. The number of carbonyl (C=O) groups is 1. The van der Waals surface area contributed by atoms with Gasteiger partial charge < -0.3 is 9.64 Å². The zero-order valence-corrected chi connectivity index (χ0v) is 12.2. The van der Waals surface area contributed by atoms with Crippen LogP contribution in [0.1, 0.15) is 18.9 Å². The molecule has 0 saturated carbocycles. The first-order chi connectivity index (χ1) is 9.93. The molecule has 116 valence electrons. The fraction of sp³-hybridized carbons (Fsp3) is 0.533. The molecular weight excluding hydrogens is 278 g/mol. The maximum atomic E-state index is 13.2. The SMILES string of the molecule is CCOc1ccccc1CN(C)C(=O)C1CC(F)(F)CN1. The summed E-state index contributed by atoms with van der Waals surface area (Å²) in [4.78, 5) is 13.7. The fourth-order valence-corrected chi connectivity index (χ4v) is 2.42. The van der Waals surface area contributed by atoms with E-state index in [0.29, 0.717) is 18.9 Å². The molecule has 1 unspecified atom stereocenters. The molecule has 1 fully saturated rings. The molecule has 21 heavy (non-hydrogen) atoms. The van der Waals surface area contributed by atoms with Crippen molar-refractivity contribution in [2.75, 3.05) is 20.2 Å². The number of carbonyl (C=O) groups excluding carboxylic acids is 1. The highest BCUT2D eigenvalue weighted by molar-refractivity contribution is 5.82. The van der Waals surface area contributed by atoms with Crippen LogP contribution in [0, 0.1) is 0 Å². The summed E-state index contributed by atoms with van der Waals surface area (Å²) in [5.41, 5.74) is 0.861. The lowest BCUT2D eigenvalue weighted by Gasteiger charge is -2.22. The monoisotopic (exact) mass is 298 g/mol. The number of hydrogen-bond acceptors (Lipinski definition) is 3. The molecule has 1 aliphatic heterocycles. The van der Waals surface area contributed by atoms with Gasteiger partial charge in [0.25, 0.3) is 5.92 Å². The average molecular weight is 298 g/mol. The van der Waals surface area contributed by atoms with E-state index in [1.165, 1.54) is 4.90 Å². The Morgan fingerprint density at radius 1 is 1.48 bits per heavy atom.